The summed E-state index contributed by atoms with van der Waals surface area (Å²) in [7, 11) is 3.21. The minimum atomic E-state index is -0.427. The van der Waals surface area contributed by atoms with Gasteiger partial charge in [-0.1, -0.05) is 24.3 Å². The van der Waals surface area contributed by atoms with Crippen LogP contribution in [0.1, 0.15) is 5.56 Å². The second-order valence-electron chi connectivity index (χ2n) is 7.83. The SMILES string of the molecule is COc1ccc(CCn2c(-c3ccc(OC)cc3)nc3oc4ccccc4c(=O)c3c2=O)cc1. The molecule has 0 N–H and O–H groups in total. The van der Waals surface area contributed by atoms with Crippen LogP contribution in [0.15, 0.2) is 86.8 Å². The van der Waals surface area contributed by atoms with Crippen LogP contribution in [0.5, 0.6) is 11.5 Å². The van der Waals surface area contributed by atoms with Crippen molar-refractivity contribution >= 4 is 22.1 Å². The Hall–Kier alpha value is -4.39. The fourth-order valence-corrected chi connectivity index (χ4v) is 3.99. The molecular formula is C27H22N2O5. The van der Waals surface area contributed by atoms with Gasteiger partial charge in [0, 0.05) is 12.1 Å². The highest BCUT2D eigenvalue weighted by Crippen LogP contribution is 2.23. The molecule has 0 radical (unpaired) electrons. The van der Waals surface area contributed by atoms with E-state index in [0.717, 1.165) is 11.3 Å². The van der Waals surface area contributed by atoms with Gasteiger partial charge in [-0.2, -0.15) is 4.98 Å². The molecule has 0 aliphatic carbocycles. The largest absolute Gasteiger partial charge is 0.497 e. The Balaban J connectivity index is 1.69. The second-order valence-corrected chi connectivity index (χ2v) is 7.83. The van der Waals surface area contributed by atoms with Crippen molar-refractivity contribution in [2.45, 2.75) is 13.0 Å². The highest BCUT2D eigenvalue weighted by molar-refractivity contribution is 5.88. The monoisotopic (exact) mass is 454 g/mol. The molecule has 0 spiro atoms. The fourth-order valence-electron chi connectivity index (χ4n) is 3.99. The molecular weight excluding hydrogens is 432 g/mol. The number of fused-ring (bicyclic) bond motifs is 2. The third-order valence-corrected chi connectivity index (χ3v) is 5.83. The third-order valence-electron chi connectivity index (χ3n) is 5.83. The van der Waals surface area contributed by atoms with E-state index in [0.29, 0.717) is 41.1 Å². The Kier molecular flexibility index (Phi) is 5.59. The molecule has 0 aliphatic heterocycles. The first-order chi connectivity index (χ1) is 16.6. The Morgan fingerprint density at radius 2 is 1.50 bits per heavy atom. The van der Waals surface area contributed by atoms with E-state index in [1.165, 1.54) is 0 Å². The maximum Gasteiger partial charge on any atom is 0.269 e. The third kappa shape index (κ3) is 3.81. The summed E-state index contributed by atoms with van der Waals surface area (Å²) in [5.41, 5.74) is 1.35. The van der Waals surface area contributed by atoms with E-state index in [4.69, 9.17) is 13.9 Å². The number of methoxy groups -OCH3 is 2. The fraction of sp³-hybridized carbons (Fsp3) is 0.148. The zero-order valence-electron chi connectivity index (χ0n) is 18.8. The van der Waals surface area contributed by atoms with Crippen LogP contribution in [0.2, 0.25) is 0 Å². The minimum Gasteiger partial charge on any atom is -0.497 e. The Labute approximate surface area is 194 Å². The van der Waals surface area contributed by atoms with E-state index < -0.39 is 5.56 Å². The summed E-state index contributed by atoms with van der Waals surface area (Å²) >= 11 is 0. The summed E-state index contributed by atoms with van der Waals surface area (Å²) in [4.78, 5) is 31.5. The first-order valence-electron chi connectivity index (χ1n) is 10.8. The number of aryl methyl sites for hydroxylation is 1. The van der Waals surface area contributed by atoms with Crippen molar-refractivity contribution in [3.63, 3.8) is 0 Å². The molecule has 0 fully saturated rings. The van der Waals surface area contributed by atoms with Gasteiger partial charge >= 0.3 is 0 Å². The molecule has 7 nitrogen and oxygen atoms in total. The van der Waals surface area contributed by atoms with Crippen molar-refractivity contribution in [1.82, 2.24) is 9.55 Å². The quantitative estimate of drug-likeness (QED) is 0.353. The molecule has 0 unspecified atom stereocenters. The summed E-state index contributed by atoms with van der Waals surface area (Å²) in [6.07, 6.45) is 0.569. The van der Waals surface area contributed by atoms with Gasteiger partial charge in [0.15, 0.2) is 5.39 Å². The molecule has 5 rings (SSSR count). The maximum absolute atomic E-state index is 13.7. The molecule has 170 valence electrons. The molecule has 0 atom stereocenters. The van der Waals surface area contributed by atoms with Crippen LogP contribution in [-0.4, -0.2) is 23.8 Å². The van der Waals surface area contributed by atoms with E-state index in [2.05, 4.69) is 4.98 Å². The number of aromatic nitrogens is 2. The van der Waals surface area contributed by atoms with Gasteiger partial charge in [-0.15, -0.1) is 0 Å². The lowest BCUT2D eigenvalue weighted by Crippen LogP contribution is -2.28. The Morgan fingerprint density at radius 3 is 2.18 bits per heavy atom. The molecule has 0 amide bonds. The van der Waals surface area contributed by atoms with Crippen LogP contribution in [0, 0.1) is 0 Å². The predicted molar refractivity (Wildman–Crippen MR) is 131 cm³/mol. The van der Waals surface area contributed by atoms with Crippen molar-refractivity contribution in [3.8, 4) is 22.9 Å². The van der Waals surface area contributed by atoms with Crippen LogP contribution in [0.4, 0.5) is 0 Å². The molecule has 0 saturated heterocycles. The minimum absolute atomic E-state index is 0.0280. The Morgan fingerprint density at radius 1 is 0.853 bits per heavy atom. The summed E-state index contributed by atoms with van der Waals surface area (Å²) in [6, 6.07) is 21.8. The smallest absolute Gasteiger partial charge is 0.269 e. The molecule has 2 aromatic heterocycles. The average Bonchev–Trinajstić information content (AvgIpc) is 2.88. The van der Waals surface area contributed by atoms with Gasteiger partial charge in [0.2, 0.25) is 11.1 Å². The number of hydrogen-bond acceptors (Lipinski definition) is 6. The van der Waals surface area contributed by atoms with Crippen LogP contribution in [-0.2, 0) is 13.0 Å². The average molecular weight is 454 g/mol. The first kappa shape index (κ1) is 21.5. The standard InChI is InChI=1S/C27H22N2O5/c1-32-19-11-7-17(8-12-19)15-16-29-25(18-9-13-20(33-2)14-10-18)28-26-23(27(29)31)24(30)21-5-3-4-6-22(21)34-26/h3-14H,15-16H2,1-2H3. The number of nitrogens with zero attached hydrogens (tertiary/aromatic N) is 2. The molecule has 34 heavy (non-hydrogen) atoms. The van der Waals surface area contributed by atoms with Gasteiger partial charge in [-0.3, -0.25) is 14.2 Å². The van der Waals surface area contributed by atoms with E-state index in [9.17, 15) is 9.59 Å². The summed E-state index contributed by atoms with van der Waals surface area (Å²) in [6.45, 7) is 0.335. The van der Waals surface area contributed by atoms with E-state index >= 15 is 0 Å². The second kappa shape index (κ2) is 8.86. The van der Waals surface area contributed by atoms with Gasteiger partial charge in [0.1, 0.15) is 22.9 Å². The number of para-hydroxylation sites is 1. The van der Waals surface area contributed by atoms with Gasteiger partial charge in [-0.25, -0.2) is 0 Å². The summed E-state index contributed by atoms with van der Waals surface area (Å²) in [5, 5.41) is 0.304. The van der Waals surface area contributed by atoms with Crippen molar-refractivity contribution < 1.29 is 13.9 Å². The van der Waals surface area contributed by atoms with Crippen molar-refractivity contribution in [3.05, 3.63) is 98.9 Å². The molecule has 0 bridgehead atoms. The highest BCUT2D eigenvalue weighted by atomic mass is 16.5. The molecule has 0 saturated carbocycles. The van der Waals surface area contributed by atoms with Crippen LogP contribution >= 0.6 is 0 Å². The van der Waals surface area contributed by atoms with Crippen molar-refractivity contribution in [2.75, 3.05) is 14.2 Å². The van der Waals surface area contributed by atoms with Gasteiger partial charge < -0.3 is 13.9 Å². The number of benzene rings is 3. The van der Waals surface area contributed by atoms with Gasteiger partial charge in [-0.05, 0) is 60.5 Å². The molecule has 0 aliphatic rings. The normalized spacial score (nSPS) is 11.1. The predicted octanol–water partition coefficient (Wildman–Crippen LogP) is 4.43. The topological polar surface area (TPSA) is 83.6 Å². The lowest BCUT2D eigenvalue weighted by Gasteiger charge is -2.14. The van der Waals surface area contributed by atoms with E-state index in [-0.39, 0.29) is 16.5 Å². The first-order valence-corrected chi connectivity index (χ1v) is 10.8. The van der Waals surface area contributed by atoms with Crippen LogP contribution in [0.25, 0.3) is 33.5 Å². The van der Waals surface area contributed by atoms with Crippen LogP contribution in [0.3, 0.4) is 0 Å². The van der Waals surface area contributed by atoms with E-state index in [1.807, 2.05) is 36.4 Å². The van der Waals surface area contributed by atoms with Gasteiger partial charge in [0.05, 0.1) is 19.6 Å². The lowest BCUT2D eigenvalue weighted by atomic mass is 10.1. The molecule has 3 aromatic carbocycles. The van der Waals surface area contributed by atoms with Crippen molar-refractivity contribution in [2.24, 2.45) is 0 Å². The summed E-state index contributed by atoms with van der Waals surface area (Å²) < 4.78 is 17.9. The number of rotatable bonds is 6. The number of hydrogen-bond donors (Lipinski definition) is 0. The van der Waals surface area contributed by atoms with Crippen molar-refractivity contribution in [1.29, 1.82) is 0 Å². The lowest BCUT2D eigenvalue weighted by molar-refractivity contribution is 0.414. The molecule has 2 heterocycles. The zero-order valence-corrected chi connectivity index (χ0v) is 18.8. The Bertz CT molecular complexity index is 1600. The zero-order chi connectivity index (χ0) is 23.7. The summed E-state index contributed by atoms with van der Waals surface area (Å²) in [5.74, 6) is 1.87. The number of ether oxygens (including phenoxy) is 2. The van der Waals surface area contributed by atoms with Gasteiger partial charge in [0.25, 0.3) is 5.56 Å². The highest BCUT2D eigenvalue weighted by Gasteiger charge is 2.19. The maximum atomic E-state index is 13.7. The van der Waals surface area contributed by atoms with Crippen LogP contribution < -0.4 is 20.5 Å². The molecule has 7 heteroatoms. The van der Waals surface area contributed by atoms with E-state index in [1.54, 1.807) is 55.2 Å². The molecule has 5 aromatic rings.